The van der Waals surface area contributed by atoms with Crippen LogP contribution in [0.3, 0.4) is 0 Å². The lowest BCUT2D eigenvalue weighted by molar-refractivity contribution is 0.226. The second-order valence-electron chi connectivity index (χ2n) is 10.0. The molecule has 0 aromatic heterocycles. The van der Waals surface area contributed by atoms with Crippen LogP contribution in [0.4, 0.5) is 0 Å². The zero-order valence-electron chi connectivity index (χ0n) is 24.3. The number of hydrogen-bond acceptors (Lipinski definition) is 12. The van der Waals surface area contributed by atoms with Gasteiger partial charge in [-0.2, -0.15) is 0 Å². The fourth-order valence-electron chi connectivity index (χ4n) is 3.39. The maximum absolute atomic E-state index is 11.0. The molecule has 0 radical (unpaired) electrons. The first kappa shape index (κ1) is 51.1. The quantitative estimate of drug-likeness (QED) is 0.0465. The van der Waals surface area contributed by atoms with E-state index >= 15 is 0 Å². The highest BCUT2D eigenvalue weighted by molar-refractivity contribution is 7.54. The Bertz CT molecular complexity index is 1080. The van der Waals surface area contributed by atoms with Crippen molar-refractivity contribution in [1.29, 1.82) is 0 Å². The van der Waals surface area contributed by atoms with Crippen LogP contribution in [0.5, 0.6) is 0 Å². The first-order valence-electron chi connectivity index (χ1n) is 12.0. The van der Waals surface area contributed by atoms with E-state index in [1.807, 2.05) is 0 Å². The van der Waals surface area contributed by atoms with E-state index in [1.54, 1.807) is 0 Å². The summed E-state index contributed by atoms with van der Waals surface area (Å²) in [5, 5.41) is 0. The third-order valence-corrected chi connectivity index (χ3v) is 10.7. The summed E-state index contributed by atoms with van der Waals surface area (Å²) < 4.78 is 87.7. The van der Waals surface area contributed by atoms with Gasteiger partial charge in [0.2, 0.25) is 0 Å². The molecule has 28 nitrogen and oxygen atoms in total. The van der Waals surface area contributed by atoms with Crippen LogP contribution in [0.15, 0.2) is 0 Å². The largest absolute Gasteiger partial charge is 0.339 e. The third kappa shape index (κ3) is 38.3. The van der Waals surface area contributed by atoms with Crippen molar-refractivity contribution in [2.75, 3.05) is 76.5 Å². The van der Waals surface area contributed by atoms with Gasteiger partial charge in [0.25, 0.3) is 0 Å². The van der Waals surface area contributed by atoms with Crippen molar-refractivity contribution in [2.24, 2.45) is 0 Å². The second kappa shape index (κ2) is 19.9. The van der Waals surface area contributed by atoms with Crippen LogP contribution in [-0.4, -0.2) is 174 Å². The summed E-state index contributed by atoms with van der Waals surface area (Å²) >= 11 is 0. The zero-order chi connectivity index (χ0) is 38.8. The van der Waals surface area contributed by atoms with Crippen LogP contribution in [0.1, 0.15) is 0 Å². The molecule has 0 bridgehead atoms. The number of hydrogen-bond donors (Lipinski definition) is 16. The van der Waals surface area contributed by atoms with Crippen molar-refractivity contribution in [3.05, 3.63) is 0 Å². The minimum absolute atomic E-state index is 0.504. The van der Waals surface area contributed by atoms with Crippen molar-refractivity contribution in [1.82, 2.24) is 19.6 Å². The summed E-state index contributed by atoms with van der Waals surface area (Å²) in [5.41, 5.74) is 0. The lowest BCUT2D eigenvalue weighted by atomic mass is 10.5. The van der Waals surface area contributed by atoms with Gasteiger partial charge in [-0.1, -0.05) is 0 Å². The molecule has 0 aliphatic heterocycles. The molecule has 36 heteroatoms. The van der Waals surface area contributed by atoms with Crippen molar-refractivity contribution in [3.63, 3.8) is 0 Å². The van der Waals surface area contributed by atoms with E-state index in [9.17, 15) is 36.5 Å². The second-order valence-corrected chi connectivity index (χ2v) is 22.9. The molecule has 292 valence electrons. The van der Waals surface area contributed by atoms with E-state index in [-0.39, 0.29) is 0 Å². The van der Waals surface area contributed by atoms with E-state index in [0.29, 0.717) is 19.6 Å². The molecule has 0 spiro atoms. The summed E-state index contributed by atoms with van der Waals surface area (Å²) in [7, 11) is -37.5. The molecule has 0 atom stereocenters. The fraction of sp³-hybridized carbons (Fsp3) is 1.00. The molecular formula is C12H40N4O24P8. The Labute approximate surface area is 271 Å². The fourth-order valence-corrected chi connectivity index (χ4v) is 10.1. The van der Waals surface area contributed by atoms with Crippen LogP contribution in [0.2, 0.25) is 0 Å². The van der Waals surface area contributed by atoms with Gasteiger partial charge in [-0.05, 0) is 0 Å². The van der Waals surface area contributed by atoms with Gasteiger partial charge in [-0.3, -0.25) is 56.1 Å². The van der Waals surface area contributed by atoms with Gasteiger partial charge < -0.3 is 78.3 Å². The van der Waals surface area contributed by atoms with E-state index in [4.69, 9.17) is 78.3 Å². The van der Waals surface area contributed by atoms with Crippen molar-refractivity contribution >= 4 is 60.8 Å². The van der Waals surface area contributed by atoms with Crippen molar-refractivity contribution in [3.8, 4) is 0 Å². The summed E-state index contributed by atoms with van der Waals surface area (Å²) in [6.07, 6.45) is -8.35. The van der Waals surface area contributed by atoms with Gasteiger partial charge in [-0.15, -0.1) is 0 Å². The molecule has 0 saturated heterocycles. The average molecular weight is 872 g/mol. The lowest BCUT2D eigenvalue weighted by Crippen LogP contribution is -2.37. The van der Waals surface area contributed by atoms with Crippen molar-refractivity contribution in [2.45, 2.75) is 0 Å². The molecule has 0 aliphatic carbocycles. The molecule has 0 unspecified atom stereocenters. The number of nitrogens with zero attached hydrogens (tertiary/aromatic N) is 4. The Morgan fingerprint density at radius 1 is 0.229 bits per heavy atom. The van der Waals surface area contributed by atoms with Crippen LogP contribution < -0.4 is 0 Å². The number of rotatable bonds is 22. The van der Waals surface area contributed by atoms with E-state index in [1.165, 1.54) is 0 Å². The molecule has 16 N–H and O–H groups in total. The Hall–Kier alpha value is 1.04. The van der Waals surface area contributed by atoms with Gasteiger partial charge >= 0.3 is 60.8 Å². The van der Waals surface area contributed by atoms with Crippen LogP contribution in [0, 0.1) is 0 Å². The molecule has 0 aliphatic rings. The average Bonchev–Trinajstić information content (AvgIpc) is 2.67. The third-order valence-electron chi connectivity index (χ3n) is 4.54. The Balaban J connectivity index is 0. The first-order valence-corrected chi connectivity index (χ1v) is 26.4. The topological polar surface area (TPSA) is 473 Å². The van der Waals surface area contributed by atoms with Gasteiger partial charge in [0.1, 0.15) is 50.3 Å². The van der Waals surface area contributed by atoms with Crippen LogP contribution in [-0.2, 0) is 36.5 Å². The predicted octanol–water partition coefficient (Wildman–Crippen LogP) is -3.74. The summed E-state index contributed by atoms with van der Waals surface area (Å²) in [6.45, 7) is -2.02. The standard InChI is InChI=1S/2C6H20N2O12P4/c2*9-21(10,11)3-7(4-22(12,13)14)1-2-8(5-23(15,16)17)6-24(18,19)20/h2*1-6H2,(H2,9,10,11)(H2,12,13,14)(H2,15,16,17)(H2,18,19,20). The maximum atomic E-state index is 11.0. The molecule has 0 fully saturated rings. The van der Waals surface area contributed by atoms with Gasteiger partial charge in [0.15, 0.2) is 0 Å². The van der Waals surface area contributed by atoms with Crippen molar-refractivity contribution < 1.29 is 115 Å². The molecule has 0 heterocycles. The SMILES string of the molecule is O=P(O)(O)CN(CCN(CP(=O)(O)O)CP(=O)(O)O)CP(=O)(O)O.O=P(O)(O)CN(CCN(CP(=O)(O)O)CP(=O)(O)O)CP(=O)(O)O. The maximum Gasteiger partial charge on any atom is 0.339 e. The molecule has 0 rings (SSSR count). The highest BCUT2D eigenvalue weighted by Gasteiger charge is 2.31. The molecule has 0 amide bonds. The van der Waals surface area contributed by atoms with E-state index < -0.39 is 137 Å². The highest BCUT2D eigenvalue weighted by Crippen LogP contribution is 2.44. The van der Waals surface area contributed by atoms with Gasteiger partial charge in [-0.25, -0.2) is 0 Å². The molecule has 0 aromatic rings. The first-order chi connectivity index (χ1) is 20.7. The zero-order valence-corrected chi connectivity index (χ0v) is 31.4. The molecule has 0 saturated carbocycles. The monoisotopic (exact) mass is 872 g/mol. The highest BCUT2D eigenvalue weighted by atomic mass is 31.2. The van der Waals surface area contributed by atoms with E-state index in [2.05, 4.69) is 0 Å². The van der Waals surface area contributed by atoms with Gasteiger partial charge in [0, 0.05) is 26.2 Å². The molecule has 48 heavy (non-hydrogen) atoms. The Morgan fingerprint density at radius 2 is 0.312 bits per heavy atom. The molecule has 0 aromatic carbocycles. The summed E-state index contributed by atoms with van der Waals surface area (Å²) in [4.78, 5) is 145. The lowest BCUT2D eigenvalue weighted by Gasteiger charge is -2.28. The summed E-state index contributed by atoms with van der Waals surface area (Å²) in [5.74, 6) is 0. The molecular weight excluding hydrogens is 832 g/mol. The minimum atomic E-state index is -4.69. The summed E-state index contributed by atoms with van der Waals surface area (Å²) in [6, 6.07) is 0. The van der Waals surface area contributed by atoms with E-state index in [0.717, 1.165) is 0 Å². The Kier molecular flexibility index (Phi) is 21.2. The minimum Gasteiger partial charge on any atom is -0.324 e. The Morgan fingerprint density at radius 3 is 0.375 bits per heavy atom. The van der Waals surface area contributed by atoms with Crippen LogP contribution >= 0.6 is 60.8 Å². The smallest absolute Gasteiger partial charge is 0.324 e. The predicted molar refractivity (Wildman–Crippen MR) is 162 cm³/mol. The normalized spacial score (nSPS) is 14.6. The van der Waals surface area contributed by atoms with Crippen LogP contribution in [0.25, 0.3) is 0 Å². The van der Waals surface area contributed by atoms with Gasteiger partial charge in [0.05, 0.1) is 0 Å².